The number of amides is 2. The number of carbonyl (C=O) groups excluding carboxylic acids is 2. The van der Waals surface area contributed by atoms with Crippen molar-refractivity contribution < 1.29 is 14.3 Å². The summed E-state index contributed by atoms with van der Waals surface area (Å²) < 4.78 is 5.10. The smallest absolute Gasteiger partial charge is 0.239 e. The van der Waals surface area contributed by atoms with Gasteiger partial charge in [0.1, 0.15) is 0 Å². The molecule has 0 bridgehead atoms. The number of hydrogen-bond acceptors (Lipinski definition) is 5. The fourth-order valence-electron chi connectivity index (χ4n) is 1.19. The van der Waals surface area contributed by atoms with Gasteiger partial charge < -0.3 is 20.7 Å². The molecule has 0 aromatic carbocycles. The van der Waals surface area contributed by atoms with E-state index in [2.05, 4.69) is 15.3 Å². The summed E-state index contributed by atoms with van der Waals surface area (Å²) in [5, 5.41) is 5.90. The third-order valence-electron chi connectivity index (χ3n) is 2.13. The van der Waals surface area contributed by atoms with Crippen molar-refractivity contribution in [2.45, 2.75) is 6.42 Å². The topological polar surface area (TPSA) is 133 Å². The number of nitrogens with zero attached hydrogens (tertiary/aromatic N) is 4. The summed E-state index contributed by atoms with van der Waals surface area (Å²) in [6, 6.07) is 0. The zero-order chi connectivity index (χ0) is 14.5. The third kappa shape index (κ3) is 9.83. The van der Waals surface area contributed by atoms with Crippen LogP contribution in [-0.4, -0.2) is 63.2 Å². The van der Waals surface area contributed by atoms with Gasteiger partial charge in [-0.15, -0.1) is 0 Å². The highest BCUT2D eigenvalue weighted by molar-refractivity contribution is 5.84. The molecule has 0 fully saturated rings. The van der Waals surface area contributed by atoms with E-state index in [-0.39, 0.29) is 37.9 Å². The molecule has 108 valence electrons. The average Bonchev–Trinajstić information content (AvgIpc) is 2.38. The molecule has 0 aliphatic rings. The van der Waals surface area contributed by atoms with Crippen LogP contribution in [0.2, 0.25) is 0 Å². The summed E-state index contributed by atoms with van der Waals surface area (Å²) in [7, 11) is 1.55. The number of ether oxygens (including phenoxy) is 1. The molecule has 0 unspecified atom stereocenters. The summed E-state index contributed by atoms with van der Waals surface area (Å²) in [5.74, 6) is -0.421. The molecule has 0 heterocycles. The first-order chi connectivity index (χ1) is 9.11. The Bertz CT molecular complexity index is 329. The van der Waals surface area contributed by atoms with Crippen molar-refractivity contribution >= 4 is 11.8 Å². The van der Waals surface area contributed by atoms with Crippen molar-refractivity contribution in [2.24, 2.45) is 10.8 Å². The molecule has 0 aliphatic heterocycles. The second-order valence-electron chi connectivity index (χ2n) is 3.71. The standard InChI is InChI=1S/C10H20N6O3/c1-16(10(18)2-3-11)8-9(17)13-4-6-19-7-5-14-15-12/h2-8,11H2,1H3,(H,13,17). The van der Waals surface area contributed by atoms with E-state index in [9.17, 15) is 9.59 Å². The molecule has 0 saturated carbocycles. The fraction of sp³-hybridized carbons (Fsp3) is 0.800. The summed E-state index contributed by atoms with van der Waals surface area (Å²) >= 11 is 0. The Morgan fingerprint density at radius 2 is 2.21 bits per heavy atom. The molecule has 0 atom stereocenters. The molecular formula is C10H20N6O3. The number of nitrogens with one attached hydrogen (secondary N) is 1. The molecule has 0 rings (SSSR count). The van der Waals surface area contributed by atoms with Crippen LogP contribution < -0.4 is 11.1 Å². The highest BCUT2D eigenvalue weighted by Gasteiger charge is 2.11. The molecular weight excluding hydrogens is 252 g/mol. The van der Waals surface area contributed by atoms with Gasteiger partial charge in [-0.25, -0.2) is 0 Å². The van der Waals surface area contributed by atoms with Crippen LogP contribution >= 0.6 is 0 Å². The number of hydrogen-bond donors (Lipinski definition) is 2. The van der Waals surface area contributed by atoms with Crippen molar-refractivity contribution in [3.05, 3.63) is 10.4 Å². The lowest BCUT2D eigenvalue weighted by molar-refractivity contribution is -0.134. The van der Waals surface area contributed by atoms with Crippen LogP contribution in [0.15, 0.2) is 5.11 Å². The molecule has 0 spiro atoms. The van der Waals surface area contributed by atoms with Crippen molar-refractivity contribution in [1.82, 2.24) is 10.2 Å². The quantitative estimate of drug-likeness (QED) is 0.234. The lowest BCUT2D eigenvalue weighted by atomic mass is 10.3. The molecule has 0 aromatic heterocycles. The zero-order valence-electron chi connectivity index (χ0n) is 11.0. The Balaban J connectivity index is 3.58. The summed E-state index contributed by atoms with van der Waals surface area (Å²) in [5.41, 5.74) is 13.3. The lowest BCUT2D eigenvalue weighted by Gasteiger charge is -2.16. The monoisotopic (exact) mass is 272 g/mol. The minimum atomic E-state index is -0.258. The Kier molecular flexibility index (Phi) is 10.2. The number of nitrogens with two attached hydrogens (primary N) is 1. The minimum absolute atomic E-state index is 0.00242. The van der Waals surface area contributed by atoms with Crippen LogP contribution in [0.4, 0.5) is 0 Å². The van der Waals surface area contributed by atoms with Gasteiger partial charge in [0, 0.05) is 38.0 Å². The SMILES string of the molecule is CN(CC(=O)NCCOCCN=[N+]=[N-])C(=O)CCN. The van der Waals surface area contributed by atoms with Gasteiger partial charge >= 0.3 is 0 Å². The maximum atomic E-state index is 11.4. The molecule has 0 saturated heterocycles. The number of azide groups is 1. The van der Waals surface area contributed by atoms with Gasteiger partial charge in [-0.2, -0.15) is 0 Å². The van der Waals surface area contributed by atoms with E-state index in [0.717, 1.165) is 0 Å². The highest BCUT2D eigenvalue weighted by atomic mass is 16.5. The highest BCUT2D eigenvalue weighted by Crippen LogP contribution is 1.88. The van der Waals surface area contributed by atoms with Gasteiger partial charge in [-0.05, 0) is 5.53 Å². The van der Waals surface area contributed by atoms with E-state index in [0.29, 0.717) is 19.8 Å². The Labute approximate surface area is 111 Å². The van der Waals surface area contributed by atoms with E-state index in [1.807, 2.05) is 0 Å². The van der Waals surface area contributed by atoms with Crippen LogP contribution in [0.25, 0.3) is 10.4 Å². The zero-order valence-corrected chi connectivity index (χ0v) is 11.0. The molecule has 0 radical (unpaired) electrons. The molecule has 9 nitrogen and oxygen atoms in total. The Morgan fingerprint density at radius 3 is 2.84 bits per heavy atom. The van der Waals surface area contributed by atoms with Gasteiger partial charge in [0.15, 0.2) is 0 Å². The van der Waals surface area contributed by atoms with Gasteiger partial charge in [0.2, 0.25) is 11.8 Å². The number of rotatable bonds is 10. The van der Waals surface area contributed by atoms with Crippen molar-refractivity contribution in [3.63, 3.8) is 0 Å². The van der Waals surface area contributed by atoms with E-state index >= 15 is 0 Å². The van der Waals surface area contributed by atoms with Gasteiger partial charge in [-0.3, -0.25) is 9.59 Å². The maximum Gasteiger partial charge on any atom is 0.239 e. The second kappa shape index (κ2) is 11.3. The Morgan fingerprint density at radius 1 is 1.47 bits per heavy atom. The summed E-state index contributed by atoms with van der Waals surface area (Å²) in [6.07, 6.45) is 0.228. The van der Waals surface area contributed by atoms with Gasteiger partial charge in [0.05, 0.1) is 19.8 Å². The van der Waals surface area contributed by atoms with Crippen molar-refractivity contribution in [2.75, 3.05) is 46.4 Å². The molecule has 19 heavy (non-hydrogen) atoms. The van der Waals surface area contributed by atoms with Crippen LogP contribution in [0.5, 0.6) is 0 Å². The van der Waals surface area contributed by atoms with Crippen molar-refractivity contribution in [3.8, 4) is 0 Å². The fourth-order valence-corrected chi connectivity index (χ4v) is 1.19. The first-order valence-corrected chi connectivity index (χ1v) is 5.91. The average molecular weight is 272 g/mol. The van der Waals surface area contributed by atoms with Crippen LogP contribution in [0, 0.1) is 0 Å². The predicted octanol–water partition coefficient (Wildman–Crippen LogP) is -0.763. The van der Waals surface area contributed by atoms with Crippen molar-refractivity contribution in [1.29, 1.82) is 0 Å². The Hall–Kier alpha value is -1.83. The van der Waals surface area contributed by atoms with Gasteiger partial charge in [0.25, 0.3) is 0 Å². The second-order valence-corrected chi connectivity index (χ2v) is 3.71. The largest absolute Gasteiger partial charge is 0.379 e. The summed E-state index contributed by atoms with van der Waals surface area (Å²) in [6.45, 7) is 1.51. The molecule has 9 heteroatoms. The van der Waals surface area contributed by atoms with E-state index in [1.54, 1.807) is 7.05 Å². The van der Waals surface area contributed by atoms with E-state index in [1.165, 1.54) is 4.90 Å². The molecule has 2 amide bonds. The third-order valence-corrected chi connectivity index (χ3v) is 2.13. The van der Waals surface area contributed by atoms with Crippen LogP contribution in [0.1, 0.15) is 6.42 Å². The molecule has 0 aromatic rings. The first-order valence-electron chi connectivity index (χ1n) is 5.91. The number of carbonyl (C=O) groups is 2. The van der Waals surface area contributed by atoms with Crippen LogP contribution in [0.3, 0.4) is 0 Å². The summed E-state index contributed by atoms with van der Waals surface area (Å²) in [4.78, 5) is 26.7. The van der Waals surface area contributed by atoms with Crippen LogP contribution in [-0.2, 0) is 14.3 Å². The first kappa shape index (κ1) is 17.2. The normalized spacial score (nSPS) is 9.58. The van der Waals surface area contributed by atoms with E-state index < -0.39 is 0 Å². The predicted molar refractivity (Wildman–Crippen MR) is 69.2 cm³/mol. The maximum absolute atomic E-state index is 11.4. The molecule has 3 N–H and O–H groups in total. The lowest BCUT2D eigenvalue weighted by Crippen LogP contribution is -2.39. The molecule has 0 aliphatic carbocycles. The van der Waals surface area contributed by atoms with E-state index in [4.69, 9.17) is 16.0 Å². The van der Waals surface area contributed by atoms with Gasteiger partial charge in [-0.1, -0.05) is 5.11 Å². The number of likely N-dealkylation sites (N-methyl/N-ethyl adjacent to an activating group) is 1. The minimum Gasteiger partial charge on any atom is -0.379 e.